The molecule has 1 aliphatic rings. The molecule has 15 nitrogen and oxygen atoms in total. The standard InChI is InChI=1S/C34H31N5O10/c40-16-25-30(48-27(42)18-45-23-12-6-2-7-13-23)31(49-28(43)19-46-24-14-8-3-9-15-24)34(47-25)39-21-37-29-32(35-20-36-33(29)39)38-26(41)17-44-22-10-4-1-5-11-22/h1-15,20-21,25,30-31,34,40H,16-19H2,(H,35,36,38,41)/t25-,30-,31-,34-/m1/s1. The van der Waals surface area contributed by atoms with Crippen molar-refractivity contribution in [2.24, 2.45) is 0 Å². The summed E-state index contributed by atoms with van der Waals surface area (Å²) in [5.41, 5.74) is 0.380. The summed E-state index contributed by atoms with van der Waals surface area (Å²) in [6.07, 6.45) is -2.31. The molecule has 252 valence electrons. The number of carbonyl (C=O) groups is 3. The van der Waals surface area contributed by atoms with Crippen LogP contribution in [0, 0.1) is 0 Å². The third kappa shape index (κ3) is 8.27. The van der Waals surface area contributed by atoms with Crippen LogP contribution in [-0.2, 0) is 28.6 Å². The van der Waals surface area contributed by atoms with Crippen LogP contribution in [0.4, 0.5) is 5.82 Å². The zero-order valence-electron chi connectivity index (χ0n) is 25.9. The van der Waals surface area contributed by atoms with Crippen LogP contribution >= 0.6 is 0 Å². The van der Waals surface area contributed by atoms with Crippen LogP contribution in [0.2, 0.25) is 0 Å². The van der Waals surface area contributed by atoms with Crippen LogP contribution in [-0.4, -0.2) is 87.2 Å². The zero-order valence-corrected chi connectivity index (χ0v) is 25.9. The van der Waals surface area contributed by atoms with E-state index in [0.717, 1.165) is 0 Å². The van der Waals surface area contributed by atoms with Gasteiger partial charge in [0.05, 0.1) is 12.9 Å². The van der Waals surface area contributed by atoms with Crippen molar-refractivity contribution < 1.29 is 47.9 Å². The monoisotopic (exact) mass is 669 g/mol. The summed E-state index contributed by atoms with van der Waals surface area (Å²) in [6, 6.07) is 26.1. The molecule has 0 saturated carbocycles. The lowest BCUT2D eigenvalue weighted by Crippen LogP contribution is -2.42. The fourth-order valence-electron chi connectivity index (χ4n) is 5.00. The van der Waals surface area contributed by atoms with E-state index in [9.17, 15) is 19.5 Å². The maximum atomic E-state index is 13.1. The van der Waals surface area contributed by atoms with Crippen molar-refractivity contribution in [2.75, 3.05) is 31.7 Å². The summed E-state index contributed by atoms with van der Waals surface area (Å²) in [5.74, 6) is -0.596. The molecule has 1 fully saturated rings. The zero-order chi connectivity index (χ0) is 34.0. The molecule has 3 aromatic carbocycles. The van der Waals surface area contributed by atoms with Crippen molar-refractivity contribution in [3.05, 3.63) is 104 Å². The van der Waals surface area contributed by atoms with E-state index in [1.807, 2.05) is 6.07 Å². The number of nitrogens with zero attached hydrogens (tertiary/aromatic N) is 4. The maximum Gasteiger partial charge on any atom is 0.344 e. The van der Waals surface area contributed by atoms with Crippen molar-refractivity contribution in [2.45, 2.75) is 24.5 Å². The summed E-state index contributed by atoms with van der Waals surface area (Å²) in [5, 5.41) is 12.9. The average molecular weight is 670 g/mol. The highest BCUT2D eigenvalue weighted by molar-refractivity contribution is 5.97. The van der Waals surface area contributed by atoms with Gasteiger partial charge in [-0.2, -0.15) is 0 Å². The first-order valence-corrected chi connectivity index (χ1v) is 15.1. The Morgan fingerprint density at radius 3 is 1.80 bits per heavy atom. The number of hydrogen-bond donors (Lipinski definition) is 2. The quantitative estimate of drug-likeness (QED) is 0.165. The molecule has 0 radical (unpaired) electrons. The van der Waals surface area contributed by atoms with Crippen molar-refractivity contribution in [1.29, 1.82) is 0 Å². The number of carbonyl (C=O) groups excluding carboxylic acids is 3. The second kappa shape index (κ2) is 15.7. The first kappa shape index (κ1) is 32.9. The van der Waals surface area contributed by atoms with Gasteiger partial charge in [0.2, 0.25) is 0 Å². The molecule has 0 bridgehead atoms. The van der Waals surface area contributed by atoms with Gasteiger partial charge in [-0.05, 0) is 36.4 Å². The summed E-state index contributed by atoms with van der Waals surface area (Å²) in [4.78, 5) is 51.5. The molecule has 15 heteroatoms. The fraction of sp³-hybridized carbons (Fsp3) is 0.235. The molecule has 3 heterocycles. The van der Waals surface area contributed by atoms with E-state index in [1.54, 1.807) is 84.9 Å². The topological polar surface area (TPSA) is 182 Å². The number of aliphatic hydroxyl groups excluding tert-OH is 1. The normalized spacial score (nSPS) is 18.4. The van der Waals surface area contributed by atoms with Gasteiger partial charge >= 0.3 is 11.9 Å². The molecule has 6 rings (SSSR count). The molecule has 5 aromatic rings. The average Bonchev–Trinajstić information content (AvgIpc) is 3.72. The minimum Gasteiger partial charge on any atom is -0.484 e. The van der Waals surface area contributed by atoms with Crippen molar-refractivity contribution >= 4 is 34.8 Å². The second-order valence-electron chi connectivity index (χ2n) is 10.6. The number of aliphatic hydroxyl groups is 1. The molecule has 0 spiro atoms. The van der Waals surface area contributed by atoms with E-state index in [-0.39, 0.29) is 23.6 Å². The first-order chi connectivity index (χ1) is 24.0. The van der Waals surface area contributed by atoms with Gasteiger partial charge in [-0.15, -0.1) is 0 Å². The lowest BCUT2D eigenvalue weighted by atomic mass is 10.1. The number of para-hydroxylation sites is 3. The van der Waals surface area contributed by atoms with Crippen LogP contribution < -0.4 is 19.5 Å². The molecule has 1 saturated heterocycles. The van der Waals surface area contributed by atoms with E-state index in [4.69, 9.17) is 28.4 Å². The predicted molar refractivity (Wildman–Crippen MR) is 171 cm³/mol. The Bertz CT molecular complexity index is 1860. The molecule has 49 heavy (non-hydrogen) atoms. The number of rotatable bonds is 14. The molecule has 2 N–H and O–H groups in total. The predicted octanol–water partition coefficient (Wildman–Crippen LogP) is 2.72. The van der Waals surface area contributed by atoms with Crippen LogP contribution in [0.1, 0.15) is 6.23 Å². The number of nitrogens with one attached hydrogen (secondary N) is 1. The Labute approximate surface area is 279 Å². The molecular weight excluding hydrogens is 638 g/mol. The summed E-state index contributed by atoms with van der Waals surface area (Å²) >= 11 is 0. The minimum atomic E-state index is -1.30. The summed E-state index contributed by atoms with van der Waals surface area (Å²) in [6.45, 7) is -1.81. The van der Waals surface area contributed by atoms with Crippen LogP contribution in [0.25, 0.3) is 11.2 Å². The Hall–Kier alpha value is -6.06. The molecule has 1 amide bonds. The van der Waals surface area contributed by atoms with Crippen LogP contribution in [0.3, 0.4) is 0 Å². The summed E-state index contributed by atoms with van der Waals surface area (Å²) in [7, 11) is 0. The number of ether oxygens (including phenoxy) is 6. The molecule has 0 aliphatic carbocycles. The largest absolute Gasteiger partial charge is 0.484 e. The van der Waals surface area contributed by atoms with Crippen molar-refractivity contribution in [1.82, 2.24) is 19.5 Å². The van der Waals surface area contributed by atoms with Gasteiger partial charge in [-0.25, -0.2) is 24.5 Å². The molecule has 4 atom stereocenters. The maximum absolute atomic E-state index is 13.1. The number of fused-ring (bicyclic) bond motifs is 1. The SMILES string of the molecule is O=C(COc1ccccc1)Nc1ncnc2c1ncn2[C@@H]1O[C@H](CO)[C@@H](OC(=O)COc2ccccc2)[C@H]1OC(=O)COc1ccccc1. The van der Waals surface area contributed by atoms with Crippen LogP contribution in [0.5, 0.6) is 17.2 Å². The van der Waals surface area contributed by atoms with Gasteiger partial charge < -0.3 is 38.8 Å². The molecule has 0 unspecified atom stereocenters. The summed E-state index contributed by atoms with van der Waals surface area (Å²) < 4.78 is 35.6. The van der Waals surface area contributed by atoms with Gasteiger partial charge in [-0.1, -0.05) is 54.6 Å². The molecular formula is C34H31N5O10. The van der Waals surface area contributed by atoms with E-state index in [2.05, 4.69) is 20.3 Å². The van der Waals surface area contributed by atoms with Gasteiger partial charge in [0.15, 0.2) is 55.2 Å². The number of aromatic nitrogens is 4. The number of benzene rings is 3. The van der Waals surface area contributed by atoms with E-state index in [1.165, 1.54) is 17.2 Å². The Morgan fingerprint density at radius 2 is 1.24 bits per heavy atom. The smallest absolute Gasteiger partial charge is 0.344 e. The Morgan fingerprint density at radius 1 is 0.714 bits per heavy atom. The Balaban J connectivity index is 1.22. The number of hydrogen-bond acceptors (Lipinski definition) is 13. The highest BCUT2D eigenvalue weighted by atomic mass is 16.7. The lowest BCUT2D eigenvalue weighted by Gasteiger charge is -2.24. The highest BCUT2D eigenvalue weighted by Gasteiger charge is 2.51. The van der Waals surface area contributed by atoms with Crippen molar-refractivity contribution in [3.63, 3.8) is 0 Å². The molecule has 2 aromatic heterocycles. The minimum absolute atomic E-state index is 0.0907. The van der Waals surface area contributed by atoms with Gasteiger partial charge in [0.25, 0.3) is 5.91 Å². The van der Waals surface area contributed by atoms with Gasteiger partial charge in [-0.3, -0.25) is 9.36 Å². The van der Waals surface area contributed by atoms with E-state index < -0.39 is 62.2 Å². The fourth-order valence-corrected chi connectivity index (χ4v) is 5.00. The van der Waals surface area contributed by atoms with E-state index >= 15 is 0 Å². The van der Waals surface area contributed by atoms with Gasteiger partial charge in [0, 0.05) is 0 Å². The highest BCUT2D eigenvalue weighted by Crippen LogP contribution is 2.36. The number of imidazole rings is 1. The Kier molecular flexibility index (Phi) is 10.5. The van der Waals surface area contributed by atoms with Gasteiger partial charge in [0.1, 0.15) is 29.7 Å². The first-order valence-electron chi connectivity index (χ1n) is 15.1. The van der Waals surface area contributed by atoms with Crippen molar-refractivity contribution in [3.8, 4) is 17.2 Å². The van der Waals surface area contributed by atoms with E-state index in [0.29, 0.717) is 17.2 Å². The third-order valence-corrected chi connectivity index (χ3v) is 7.20. The molecule has 1 aliphatic heterocycles. The second-order valence-corrected chi connectivity index (χ2v) is 10.6. The lowest BCUT2D eigenvalue weighted by molar-refractivity contribution is -0.171. The number of esters is 2. The number of amides is 1. The number of anilines is 1. The van der Waals surface area contributed by atoms with Crippen LogP contribution in [0.15, 0.2) is 104 Å². The third-order valence-electron chi connectivity index (χ3n) is 7.20.